The van der Waals surface area contributed by atoms with Gasteiger partial charge in [0.15, 0.2) is 0 Å². The number of fused-ring (bicyclic) bond motifs is 1. The van der Waals surface area contributed by atoms with Crippen molar-refractivity contribution in [1.29, 1.82) is 0 Å². The van der Waals surface area contributed by atoms with Gasteiger partial charge in [-0.25, -0.2) is 4.98 Å². The van der Waals surface area contributed by atoms with Gasteiger partial charge >= 0.3 is 0 Å². The Morgan fingerprint density at radius 2 is 1.53 bits per heavy atom. The Hall–Kier alpha value is -3.73. The molecular formula is C25H23N3O2. The van der Waals surface area contributed by atoms with E-state index in [-0.39, 0.29) is 23.1 Å². The summed E-state index contributed by atoms with van der Waals surface area (Å²) >= 11 is 0. The molecule has 0 radical (unpaired) electrons. The lowest BCUT2D eigenvalue weighted by atomic mass is 9.85. The number of nitrogens with zero attached hydrogens (tertiary/aromatic N) is 2. The van der Waals surface area contributed by atoms with Gasteiger partial charge in [-0.3, -0.25) is 14.0 Å². The van der Waals surface area contributed by atoms with Crippen LogP contribution in [-0.2, 0) is 0 Å². The Labute approximate surface area is 175 Å². The molecule has 1 amide bonds. The Kier molecular flexibility index (Phi) is 5.44. The number of aromatic nitrogens is 2. The zero-order valence-electron chi connectivity index (χ0n) is 16.9. The highest BCUT2D eigenvalue weighted by Gasteiger charge is 2.24. The summed E-state index contributed by atoms with van der Waals surface area (Å²) in [6.45, 7) is 3.85. The van der Waals surface area contributed by atoms with E-state index in [9.17, 15) is 9.59 Å². The van der Waals surface area contributed by atoms with Crippen LogP contribution in [0.15, 0.2) is 90.0 Å². The predicted molar refractivity (Wildman–Crippen MR) is 118 cm³/mol. The molecule has 4 aromatic rings. The van der Waals surface area contributed by atoms with Crippen LogP contribution in [0.5, 0.6) is 0 Å². The molecule has 0 aliphatic carbocycles. The third-order valence-electron chi connectivity index (χ3n) is 5.27. The summed E-state index contributed by atoms with van der Waals surface area (Å²) in [7, 11) is 0. The maximum atomic E-state index is 13.0. The van der Waals surface area contributed by atoms with Gasteiger partial charge in [-0.2, -0.15) is 0 Å². The van der Waals surface area contributed by atoms with Gasteiger partial charge in [-0.1, -0.05) is 66.7 Å². The lowest BCUT2D eigenvalue weighted by molar-refractivity contribution is 0.0935. The molecule has 0 saturated carbocycles. The molecule has 1 unspecified atom stereocenters. The van der Waals surface area contributed by atoms with Gasteiger partial charge < -0.3 is 5.32 Å². The molecule has 0 aliphatic rings. The minimum atomic E-state index is -0.423. The molecule has 1 atom stereocenters. The summed E-state index contributed by atoms with van der Waals surface area (Å²) in [5.74, 6) is -0.470. The first-order valence-corrected chi connectivity index (χ1v) is 9.93. The van der Waals surface area contributed by atoms with Crippen LogP contribution in [0.4, 0.5) is 0 Å². The van der Waals surface area contributed by atoms with Crippen LogP contribution in [0.2, 0.25) is 0 Å². The number of hydrogen-bond donors (Lipinski definition) is 1. The molecular weight excluding hydrogens is 374 g/mol. The monoisotopic (exact) mass is 397 g/mol. The fraction of sp³-hybridized carbons (Fsp3) is 0.160. The average Bonchev–Trinajstić information content (AvgIpc) is 2.76. The van der Waals surface area contributed by atoms with E-state index in [1.807, 2.05) is 56.3 Å². The highest BCUT2D eigenvalue weighted by molar-refractivity contribution is 5.94. The van der Waals surface area contributed by atoms with E-state index < -0.39 is 5.91 Å². The first-order chi connectivity index (χ1) is 14.5. The Bertz CT molecular complexity index is 1190. The Balaban J connectivity index is 1.67. The molecule has 2 aromatic carbocycles. The SMILES string of the molecule is Cc1ccc2ncc(C(=O)NC(C)C(c3ccccc3)c3ccccc3)c(=O)n2c1. The van der Waals surface area contributed by atoms with Crippen LogP contribution in [0.1, 0.15) is 39.9 Å². The quantitative estimate of drug-likeness (QED) is 0.555. The van der Waals surface area contributed by atoms with Crippen molar-refractivity contribution in [3.63, 3.8) is 0 Å². The lowest BCUT2D eigenvalue weighted by Gasteiger charge is -2.26. The topological polar surface area (TPSA) is 63.5 Å². The van der Waals surface area contributed by atoms with Crippen LogP contribution >= 0.6 is 0 Å². The highest BCUT2D eigenvalue weighted by Crippen LogP contribution is 2.28. The standard InChI is InChI=1S/C25H23N3O2/c1-17-13-14-22-26-15-21(25(30)28(22)16-17)24(29)27-18(2)23(19-9-5-3-6-10-19)20-11-7-4-8-12-20/h3-16,18,23H,1-2H3,(H,27,29). The van der Waals surface area contributed by atoms with Crippen LogP contribution < -0.4 is 10.9 Å². The van der Waals surface area contributed by atoms with Gasteiger partial charge in [0.05, 0.1) is 0 Å². The number of carbonyl (C=O) groups excluding carboxylic acids is 1. The molecule has 0 bridgehead atoms. The zero-order chi connectivity index (χ0) is 21.1. The molecule has 1 N–H and O–H groups in total. The van der Waals surface area contributed by atoms with Crippen molar-refractivity contribution < 1.29 is 4.79 Å². The summed E-state index contributed by atoms with van der Waals surface area (Å²) < 4.78 is 1.42. The second-order valence-electron chi connectivity index (χ2n) is 7.47. The van der Waals surface area contributed by atoms with Gasteiger partial charge in [0.1, 0.15) is 11.2 Å². The largest absolute Gasteiger partial charge is 0.348 e. The molecule has 30 heavy (non-hydrogen) atoms. The Morgan fingerprint density at radius 3 is 2.13 bits per heavy atom. The van der Waals surface area contributed by atoms with Crippen molar-refractivity contribution >= 4 is 11.6 Å². The smallest absolute Gasteiger partial charge is 0.270 e. The zero-order valence-corrected chi connectivity index (χ0v) is 16.9. The summed E-state index contributed by atoms with van der Waals surface area (Å²) in [5, 5.41) is 3.02. The van der Waals surface area contributed by atoms with Crippen LogP contribution in [-0.4, -0.2) is 21.3 Å². The van der Waals surface area contributed by atoms with Crippen LogP contribution in [0, 0.1) is 6.92 Å². The van der Waals surface area contributed by atoms with E-state index in [1.54, 1.807) is 12.3 Å². The van der Waals surface area contributed by atoms with Crippen molar-refractivity contribution in [1.82, 2.24) is 14.7 Å². The average molecular weight is 397 g/mol. The number of amides is 1. The molecule has 0 saturated heterocycles. The summed E-state index contributed by atoms with van der Waals surface area (Å²) in [5.41, 5.74) is 3.29. The van der Waals surface area contributed by atoms with E-state index in [1.165, 1.54) is 10.6 Å². The van der Waals surface area contributed by atoms with E-state index in [0.717, 1.165) is 16.7 Å². The molecule has 0 aliphatic heterocycles. The molecule has 150 valence electrons. The normalized spacial score (nSPS) is 12.1. The summed E-state index contributed by atoms with van der Waals surface area (Å²) in [6.07, 6.45) is 3.05. The number of hydrogen-bond acceptors (Lipinski definition) is 3. The third-order valence-corrected chi connectivity index (χ3v) is 5.27. The molecule has 0 spiro atoms. The van der Waals surface area contributed by atoms with Crippen molar-refractivity contribution in [2.45, 2.75) is 25.8 Å². The number of carbonyl (C=O) groups is 1. The minimum Gasteiger partial charge on any atom is -0.348 e. The second-order valence-corrected chi connectivity index (χ2v) is 7.47. The molecule has 0 fully saturated rings. The summed E-state index contributed by atoms with van der Waals surface area (Å²) in [4.78, 5) is 30.2. The van der Waals surface area contributed by atoms with Crippen LogP contribution in [0.25, 0.3) is 5.65 Å². The summed E-state index contributed by atoms with van der Waals surface area (Å²) in [6, 6.07) is 23.5. The maximum Gasteiger partial charge on any atom is 0.270 e. The molecule has 4 rings (SSSR count). The number of rotatable bonds is 5. The number of aryl methyl sites for hydroxylation is 1. The fourth-order valence-corrected chi connectivity index (χ4v) is 3.80. The van der Waals surface area contributed by atoms with Gasteiger partial charge in [0.2, 0.25) is 0 Å². The van der Waals surface area contributed by atoms with E-state index in [4.69, 9.17) is 0 Å². The first kappa shape index (κ1) is 19.6. The van der Waals surface area contributed by atoms with Crippen molar-refractivity contribution in [2.24, 2.45) is 0 Å². The van der Waals surface area contributed by atoms with Crippen LogP contribution in [0.3, 0.4) is 0 Å². The van der Waals surface area contributed by atoms with Gasteiger partial charge in [-0.05, 0) is 36.6 Å². The van der Waals surface area contributed by atoms with E-state index in [0.29, 0.717) is 5.65 Å². The van der Waals surface area contributed by atoms with Gasteiger partial charge in [0.25, 0.3) is 11.5 Å². The number of pyridine rings is 1. The molecule has 2 heterocycles. The number of benzene rings is 2. The third kappa shape index (κ3) is 3.87. The lowest BCUT2D eigenvalue weighted by Crippen LogP contribution is -2.40. The van der Waals surface area contributed by atoms with E-state index in [2.05, 4.69) is 34.6 Å². The maximum absolute atomic E-state index is 13.0. The second kappa shape index (κ2) is 8.33. The number of nitrogens with one attached hydrogen (secondary N) is 1. The molecule has 5 nitrogen and oxygen atoms in total. The molecule has 5 heteroatoms. The van der Waals surface area contributed by atoms with Gasteiger partial charge in [-0.15, -0.1) is 0 Å². The highest BCUT2D eigenvalue weighted by atomic mass is 16.2. The fourth-order valence-electron chi connectivity index (χ4n) is 3.80. The first-order valence-electron chi connectivity index (χ1n) is 9.93. The minimum absolute atomic E-state index is 0.0322. The Morgan fingerprint density at radius 1 is 0.933 bits per heavy atom. The molecule has 2 aromatic heterocycles. The van der Waals surface area contributed by atoms with Crippen molar-refractivity contribution in [3.05, 3.63) is 118 Å². The predicted octanol–water partition coefficient (Wildman–Crippen LogP) is 3.95. The van der Waals surface area contributed by atoms with E-state index >= 15 is 0 Å². The van der Waals surface area contributed by atoms with Crippen molar-refractivity contribution in [3.8, 4) is 0 Å². The van der Waals surface area contributed by atoms with Gasteiger partial charge in [0, 0.05) is 24.4 Å². The van der Waals surface area contributed by atoms with Crippen molar-refractivity contribution in [2.75, 3.05) is 0 Å².